The average molecular weight is 252 g/mol. The summed E-state index contributed by atoms with van der Waals surface area (Å²) in [6, 6.07) is 0.287. The van der Waals surface area contributed by atoms with Crippen molar-refractivity contribution in [3.8, 4) is 0 Å². The summed E-state index contributed by atoms with van der Waals surface area (Å²) in [4.78, 5) is 12.4. The number of nitrogens with two attached hydrogens (primary N) is 1. The molecule has 0 bridgehead atoms. The van der Waals surface area contributed by atoms with Gasteiger partial charge in [-0.2, -0.15) is 0 Å². The maximum atomic E-state index is 12.4. The number of carbonyl (C=O) groups excluding carboxylic acids is 1. The zero-order chi connectivity index (χ0) is 13.8. The second kappa shape index (κ2) is 3.96. The Morgan fingerprint density at radius 1 is 1.11 bits per heavy atom. The second-order valence-corrected chi connectivity index (χ2v) is 7.69. The Morgan fingerprint density at radius 2 is 1.67 bits per heavy atom. The predicted octanol–water partition coefficient (Wildman–Crippen LogP) is 2.44. The lowest BCUT2D eigenvalue weighted by molar-refractivity contribution is -0.128. The minimum Gasteiger partial charge on any atom is -0.352 e. The van der Waals surface area contributed by atoms with Gasteiger partial charge >= 0.3 is 0 Å². The van der Waals surface area contributed by atoms with Crippen molar-refractivity contribution in [2.24, 2.45) is 22.5 Å². The number of hydrogen-bond donors (Lipinski definition) is 2. The van der Waals surface area contributed by atoms with Gasteiger partial charge in [0.05, 0.1) is 5.92 Å². The van der Waals surface area contributed by atoms with Gasteiger partial charge in [-0.05, 0) is 30.6 Å². The molecule has 3 heteroatoms. The number of rotatable bonds is 2. The van der Waals surface area contributed by atoms with Crippen LogP contribution in [0.1, 0.15) is 60.3 Å². The van der Waals surface area contributed by atoms with Crippen molar-refractivity contribution in [2.75, 3.05) is 0 Å². The van der Waals surface area contributed by atoms with E-state index in [4.69, 9.17) is 5.73 Å². The monoisotopic (exact) mass is 252 g/mol. The largest absolute Gasteiger partial charge is 0.352 e. The van der Waals surface area contributed by atoms with Crippen LogP contribution < -0.4 is 11.1 Å². The van der Waals surface area contributed by atoms with Crippen molar-refractivity contribution in [3.05, 3.63) is 0 Å². The molecule has 2 fully saturated rings. The Morgan fingerprint density at radius 3 is 2.11 bits per heavy atom. The van der Waals surface area contributed by atoms with Crippen LogP contribution in [0.25, 0.3) is 0 Å². The maximum Gasteiger partial charge on any atom is 0.225 e. The normalized spacial score (nSPS) is 38.2. The molecule has 0 aromatic heterocycles. The molecule has 0 heterocycles. The van der Waals surface area contributed by atoms with E-state index in [1.165, 1.54) is 0 Å². The average Bonchev–Trinajstić information content (AvgIpc) is 2.60. The van der Waals surface area contributed by atoms with Gasteiger partial charge in [0, 0.05) is 11.6 Å². The van der Waals surface area contributed by atoms with Gasteiger partial charge in [0.2, 0.25) is 5.91 Å². The van der Waals surface area contributed by atoms with Gasteiger partial charge in [0.25, 0.3) is 0 Å². The molecule has 2 aliphatic rings. The third kappa shape index (κ3) is 1.97. The summed E-state index contributed by atoms with van der Waals surface area (Å²) in [5.74, 6) is 0.154. The fourth-order valence-electron chi connectivity index (χ4n) is 3.59. The van der Waals surface area contributed by atoms with Crippen molar-refractivity contribution < 1.29 is 4.79 Å². The predicted molar refractivity (Wildman–Crippen MR) is 74.0 cm³/mol. The molecule has 18 heavy (non-hydrogen) atoms. The van der Waals surface area contributed by atoms with Crippen molar-refractivity contribution in [2.45, 2.75) is 71.9 Å². The Labute approximate surface area is 111 Å². The van der Waals surface area contributed by atoms with Crippen LogP contribution in [0.3, 0.4) is 0 Å². The van der Waals surface area contributed by atoms with Gasteiger partial charge < -0.3 is 11.1 Å². The van der Waals surface area contributed by atoms with Crippen LogP contribution in [0.4, 0.5) is 0 Å². The first-order chi connectivity index (χ1) is 8.11. The van der Waals surface area contributed by atoms with Crippen LogP contribution in [-0.4, -0.2) is 17.5 Å². The molecule has 0 aromatic rings. The number of nitrogens with one attached hydrogen (secondary N) is 1. The van der Waals surface area contributed by atoms with E-state index in [-0.39, 0.29) is 34.2 Å². The highest BCUT2D eigenvalue weighted by Gasteiger charge is 2.65. The van der Waals surface area contributed by atoms with E-state index in [2.05, 4.69) is 33.0 Å². The molecule has 104 valence electrons. The molecule has 3 N–H and O–H groups in total. The number of carbonyl (C=O) groups is 1. The fourth-order valence-corrected chi connectivity index (χ4v) is 3.59. The molecule has 2 unspecified atom stereocenters. The van der Waals surface area contributed by atoms with E-state index < -0.39 is 0 Å². The van der Waals surface area contributed by atoms with Crippen molar-refractivity contribution in [3.63, 3.8) is 0 Å². The van der Waals surface area contributed by atoms with Gasteiger partial charge in [-0.1, -0.05) is 40.5 Å². The molecule has 0 aliphatic heterocycles. The van der Waals surface area contributed by atoms with Crippen LogP contribution in [0.5, 0.6) is 0 Å². The molecule has 2 aliphatic carbocycles. The van der Waals surface area contributed by atoms with Crippen molar-refractivity contribution in [1.82, 2.24) is 5.32 Å². The van der Waals surface area contributed by atoms with E-state index in [0.29, 0.717) is 0 Å². The SMILES string of the molecule is CC1(N)CCCCC1C(=O)NC1C(C)(C)C1(C)C. The first-order valence-electron chi connectivity index (χ1n) is 7.20. The number of amides is 1. The quantitative estimate of drug-likeness (QED) is 0.793. The van der Waals surface area contributed by atoms with Crippen LogP contribution in [-0.2, 0) is 4.79 Å². The fraction of sp³-hybridized carbons (Fsp3) is 0.933. The lowest BCUT2D eigenvalue weighted by atomic mass is 9.74. The van der Waals surface area contributed by atoms with Crippen molar-refractivity contribution in [1.29, 1.82) is 0 Å². The smallest absolute Gasteiger partial charge is 0.225 e. The molecular formula is C15H28N2O. The molecule has 2 saturated carbocycles. The van der Waals surface area contributed by atoms with E-state index in [1.54, 1.807) is 0 Å². The highest BCUT2D eigenvalue weighted by atomic mass is 16.2. The minimum atomic E-state index is -0.328. The second-order valence-electron chi connectivity index (χ2n) is 7.69. The molecule has 0 saturated heterocycles. The highest BCUT2D eigenvalue weighted by Crippen LogP contribution is 2.62. The number of hydrogen-bond acceptors (Lipinski definition) is 2. The summed E-state index contributed by atoms with van der Waals surface area (Å²) in [6.45, 7) is 10.9. The van der Waals surface area contributed by atoms with Crippen LogP contribution in [0.2, 0.25) is 0 Å². The zero-order valence-corrected chi connectivity index (χ0v) is 12.5. The van der Waals surface area contributed by atoms with Crippen LogP contribution in [0.15, 0.2) is 0 Å². The Kier molecular flexibility index (Phi) is 3.05. The van der Waals surface area contributed by atoms with Crippen molar-refractivity contribution >= 4 is 5.91 Å². The standard InChI is InChI=1S/C15H28N2O/c1-13(2)12(14(13,3)4)17-11(18)10-8-6-7-9-15(10,5)16/h10,12H,6-9,16H2,1-5H3,(H,17,18). The van der Waals surface area contributed by atoms with Gasteiger partial charge in [-0.3, -0.25) is 4.79 Å². The van der Waals surface area contributed by atoms with E-state index in [9.17, 15) is 4.79 Å². The molecule has 2 rings (SSSR count). The summed E-state index contributed by atoms with van der Waals surface area (Å²) in [5.41, 5.74) is 6.36. The van der Waals surface area contributed by atoms with E-state index in [0.717, 1.165) is 25.7 Å². The third-order valence-electron chi connectivity index (χ3n) is 5.88. The van der Waals surface area contributed by atoms with Gasteiger partial charge in [0.1, 0.15) is 0 Å². The molecule has 2 atom stereocenters. The van der Waals surface area contributed by atoms with E-state index in [1.807, 2.05) is 6.92 Å². The van der Waals surface area contributed by atoms with Crippen LogP contribution in [0, 0.1) is 16.7 Å². The summed E-state index contributed by atoms with van der Waals surface area (Å²) in [6.07, 6.45) is 4.18. The Bertz CT molecular complexity index is 344. The molecule has 1 amide bonds. The molecule has 0 aromatic carbocycles. The molecular weight excluding hydrogens is 224 g/mol. The van der Waals surface area contributed by atoms with E-state index >= 15 is 0 Å². The maximum absolute atomic E-state index is 12.4. The minimum absolute atomic E-state index is 0.0153. The van der Waals surface area contributed by atoms with Gasteiger partial charge in [-0.25, -0.2) is 0 Å². The lowest BCUT2D eigenvalue weighted by Crippen LogP contribution is -2.53. The summed E-state index contributed by atoms with van der Waals surface area (Å²) >= 11 is 0. The highest BCUT2D eigenvalue weighted by molar-refractivity contribution is 5.81. The summed E-state index contributed by atoms with van der Waals surface area (Å²) in [5, 5.41) is 3.24. The molecule has 0 spiro atoms. The summed E-state index contributed by atoms with van der Waals surface area (Å²) < 4.78 is 0. The third-order valence-corrected chi connectivity index (χ3v) is 5.88. The lowest BCUT2D eigenvalue weighted by Gasteiger charge is -2.37. The van der Waals surface area contributed by atoms with Crippen LogP contribution >= 0.6 is 0 Å². The first-order valence-corrected chi connectivity index (χ1v) is 7.20. The molecule has 3 nitrogen and oxygen atoms in total. The van der Waals surface area contributed by atoms with Gasteiger partial charge in [0.15, 0.2) is 0 Å². The Hall–Kier alpha value is -0.570. The molecule has 0 radical (unpaired) electrons. The van der Waals surface area contributed by atoms with Gasteiger partial charge in [-0.15, -0.1) is 0 Å². The Balaban J connectivity index is 2.01. The first kappa shape index (κ1) is 13.9. The summed E-state index contributed by atoms with van der Waals surface area (Å²) in [7, 11) is 0. The zero-order valence-electron chi connectivity index (χ0n) is 12.5. The topological polar surface area (TPSA) is 55.1 Å².